The van der Waals surface area contributed by atoms with Crippen LogP contribution in [0.1, 0.15) is 10.4 Å². The third-order valence-electron chi connectivity index (χ3n) is 3.19. The molecule has 0 aromatic heterocycles. The number of hydrazine groups is 1. The molecule has 1 aliphatic heterocycles. The number of nitrogens with zero attached hydrogens (tertiary/aromatic N) is 1. The van der Waals surface area contributed by atoms with Crippen molar-refractivity contribution in [2.24, 2.45) is 5.84 Å². The lowest BCUT2D eigenvalue weighted by molar-refractivity contribution is 0.0953. The predicted molar refractivity (Wildman–Crippen MR) is 77.9 cm³/mol. The van der Waals surface area contributed by atoms with E-state index in [4.69, 9.17) is 10.6 Å². The molecule has 0 saturated carbocycles. The van der Waals surface area contributed by atoms with Crippen molar-refractivity contribution in [2.45, 2.75) is 0 Å². The van der Waals surface area contributed by atoms with Crippen molar-refractivity contribution in [3.8, 4) is 5.75 Å². The van der Waals surface area contributed by atoms with Gasteiger partial charge >= 0.3 is 0 Å². The Morgan fingerprint density at radius 3 is 2.55 bits per heavy atom. The zero-order valence-corrected chi connectivity index (χ0v) is 12.0. The van der Waals surface area contributed by atoms with Crippen LogP contribution in [-0.4, -0.2) is 52.8 Å². The molecule has 1 aromatic carbocycles. The summed E-state index contributed by atoms with van der Waals surface area (Å²) in [6.07, 6.45) is 0. The van der Waals surface area contributed by atoms with E-state index in [2.05, 4.69) is 10.3 Å². The lowest BCUT2D eigenvalue weighted by Crippen LogP contribution is -2.39. The van der Waals surface area contributed by atoms with E-state index < -0.39 is 10.8 Å². The number of ether oxygens (including phenoxy) is 1. The molecule has 2 rings (SSSR count). The van der Waals surface area contributed by atoms with Gasteiger partial charge in [0.25, 0.3) is 5.91 Å². The van der Waals surface area contributed by atoms with Crippen molar-refractivity contribution in [1.29, 1.82) is 0 Å². The predicted octanol–water partition coefficient (Wildman–Crippen LogP) is -0.267. The van der Waals surface area contributed by atoms with E-state index in [1.807, 2.05) is 0 Å². The summed E-state index contributed by atoms with van der Waals surface area (Å²) >= 11 is 0. The summed E-state index contributed by atoms with van der Waals surface area (Å²) in [7, 11) is -0.641. The summed E-state index contributed by atoms with van der Waals surface area (Å²) in [4.78, 5) is 13.5. The highest BCUT2D eigenvalue weighted by atomic mass is 32.2. The van der Waals surface area contributed by atoms with Crippen molar-refractivity contribution in [3.63, 3.8) is 0 Å². The largest absolute Gasteiger partial charge is 0.492 e. The number of benzene rings is 1. The molecule has 1 fully saturated rings. The summed E-state index contributed by atoms with van der Waals surface area (Å²) in [6.45, 7) is 3.13. The smallest absolute Gasteiger partial charge is 0.265 e. The minimum Gasteiger partial charge on any atom is -0.492 e. The Kier molecular flexibility index (Phi) is 5.51. The summed E-state index contributed by atoms with van der Waals surface area (Å²) in [5.41, 5.74) is 2.58. The van der Waals surface area contributed by atoms with E-state index in [9.17, 15) is 9.00 Å². The SMILES string of the molecule is NNC(=O)c1ccc(OCCN2CCS(=O)CC2)cc1. The number of amides is 1. The van der Waals surface area contributed by atoms with Gasteiger partial charge in [0.05, 0.1) is 0 Å². The lowest BCUT2D eigenvalue weighted by Gasteiger charge is -2.25. The van der Waals surface area contributed by atoms with Crippen LogP contribution in [0.5, 0.6) is 5.75 Å². The van der Waals surface area contributed by atoms with E-state index in [0.717, 1.165) is 36.9 Å². The van der Waals surface area contributed by atoms with E-state index in [1.54, 1.807) is 24.3 Å². The van der Waals surface area contributed by atoms with Gasteiger partial charge in [0.15, 0.2) is 0 Å². The average Bonchev–Trinajstić information content (AvgIpc) is 2.49. The molecule has 1 aliphatic rings. The number of nitrogens with two attached hydrogens (primary N) is 1. The summed E-state index contributed by atoms with van der Waals surface area (Å²) in [5, 5.41) is 0. The zero-order valence-electron chi connectivity index (χ0n) is 11.2. The second-order valence-electron chi connectivity index (χ2n) is 4.54. The van der Waals surface area contributed by atoms with Crippen LogP contribution in [0, 0.1) is 0 Å². The van der Waals surface area contributed by atoms with Crippen molar-refractivity contribution in [2.75, 3.05) is 37.7 Å². The first kappa shape index (κ1) is 15.0. The van der Waals surface area contributed by atoms with Gasteiger partial charge in [-0.1, -0.05) is 0 Å². The first-order valence-electron chi connectivity index (χ1n) is 6.50. The highest BCUT2D eigenvalue weighted by Gasteiger charge is 2.14. The zero-order chi connectivity index (χ0) is 14.4. The molecule has 6 nitrogen and oxygen atoms in total. The summed E-state index contributed by atoms with van der Waals surface area (Å²) < 4.78 is 16.9. The van der Waals surface area contributed by atoms with Crippen LogP contribution in [0.2, 0.25) is 0 Å². The highest BCUT2D eigenvalue weighted by molar-refractivity contribution is 7.85. The molecule has 0 unspecified atom stereocenters. The summed E-state index contributed by atoms with van der Waals surface area (Å²) in [6, 6.07) is 6.83. The minimum atomic E-state index is -0.641. The molecule has 0 aliphatic carbocycles. The molecule has 110 valence electrons. The number of rotatable bonds is 5. The Balaban J connectivity index is 1.74. The van der Waals surface area contributed by atoms with Gasteiger partial charge in [-0.2, -0.15) is 0 Å². The number of hydrogen-bond donors (Lipinski definition) is 2. The molecule has 3 N–H and O–H groups in total. The number of nitrogens with one attached hydrogen (secondary N) is 1. The monoisotopic (exact) mass is 297 g/mol. The fraction of sp³-hybridized carbons (Fsp3) is 0.462. The Bertz CT molecular complexity index is 468. The molecular weight excluding hydrogens is 278 g/mol. The van der Waals surface area contributed by atoms with E-state index in [-0.39, 0.29) is 5.91 Å². The number of hydrogen-bond acceptors (Lipinski definition) is 5. The lowest BCUT2D eigenvalue weighted by atomic mass is 10.2. The molecule has 0 spiro atoms. The first-order chi connectivity index (χ1) is 9.69. The molecule has 7 heteroatoms. The van der Waals surface area contributed by atoms with Crippen molar-refractivity contribution in [3.05, 3.63) is 29.8 Å². The van der Waals surface area contributed by atoms with Gasteiger partial charge < -0.3 is 4.74 Å². The first-order valence-corrected chi connectivity index (χ1v) is 7.99. The standard InChI is InChI=1S/C13H19N3O3S/c14-15-13(17)11-1-3-12(4-2-11)19-8-5-16-6-9-20(18)10-7-16/h1-4H,5-10,14H2,(H,15,17). The van der Waals surface area contributed by atoms with Crippen LogP contribution in [-0.2, 0) is 10.8 Å². The van der Waals surface area contributed by atoms with E-state index in [0.29, 0.717) is 12.2 Å². The van der Waals surface area contributed by atoms with Crippen LogP contribution in [0.3, 0.4) is 0 Å². The molecule has 1 saturated heterocycles. The van der Waals surface area contributed by atoms with Crippen LogP contribution < -0.4 is 16.0 Å². The van der Waals surface area contributed by atoms with Crippen LogP contribution >= 0.6 is 0 Å². The molecular formula is C13H19N3O3S. The van der Waals surface area contributed by atoms with Gasteiger partial charge in [-0.05, 0) is 24.3 Å². The Morgan fingerprint density at radius 1 is 1.30 bits per heavy atom. The molecule has 20 heavy (non-hydrogen) atoms. The highest BCUT2D eigenvalue weighted by Crippen LogP contribution is 2.12. The quantitative estimate of drug-likeness (QED) is 0.444. The van der Waals surface area contributed by atoms with Crippen molar-refractivity contribution in [1.82, 2.24) is 10.3 Å². The normalized spacial score (nSPS) is 16.9. The van der Waals surface area contributed by atoms with Crippen LogP contribution in [0.25, 0.3) is 0 Å². The van der Waals surface area contributed by atoms with Gasteiger partial charge in [-0.25, -0.2) is 5.84 Å². The Labute approximate surface area is 120 Å². The Morgan fingerprint density at radius 2 is 1.95 bits per heavy atom. The number of carbonyl (C=O) groups excluding carboxylic acids is 1. The fourth-order valence-corrected chi connectivity index (χ4v) is 3.11. The molecule has 1 aromatic rings. The van der Waals surface area contributed by atoms with Gasteiger partial charge in [0.1, 0.15) is 12.4 Å². The maximum Gasteiger partial charge on any atom is 0.265 e. The molecule has 1 amide bonds. The van der Waals surface area contributed by atoms with Crippen LogP contribution in [0.4, 0.5) is 0 Å². The molecule has 1 heterocycles. The topological polar surface area (TPSA) is 84.7 Å². The summed E-state index contributed by atoms with van der Waals surface area (Å²) in [5.74, 6) is 6.96. The maximum absolute atomic E-state index is 11.3. The third kappa shape index (κ3) is 4.29. The number of carbonyl (C=O) groups is 1. The maximum atomic E-state index is 11.3. The minimum absolute atomic E-state index is 0.321. The van der Waals surface area contributed by atoms with Gasteiger partial charge in [-0.15, -0.1) is 0 Å². The second-order valence-corrected chi connectivity index (χ2v) is 6.23. The molecule has 0 atom stereocenters. The Hall–Kier alpha value is -1.44. The third-order valence-corrected chi connectivity index (χ3v) is 4.47. The van der Waals surface area contributed by atoms with Gasteiger partial charge in [0, 0.05) is 47.5 Å². The van der Waals surface area contributed by atoms with Crippen LogP contribution in [0.15, 0.2) is 24.3 Å². The molecule has 0 radical (unpaired) electrons. The van der Waals surface area contributed by atoms with Crippen molar-refractivity contribution < 1.29 is 13.7 Å². The van der Waals surface area contributed by atoms with Gasteiger partial charge in [0.2, 0.25) is 0 Å². The average molecular weight is 297 g/mol. The van der Waals surface area contributed by atoms with Gasteiger partial charge in [-0.3, -0.25) is 19.3 Å². The molecule has 0 bridgehead atoms. The van der Waals surface area contributed by atoms with E-state index >= 15 is 0 Å². The van der Waals surface area contributed by atoms with Crippen molar-refractivity contribution >= 4 is 16.7 Å². The fourth-order valence-electron chi connectivity index (χ4n) is 1.98. The number of nitrogen functional groups attached to an aromatic ring is 1. The second kappa shape index (κ2) is 7.37. The van der Waals surface area contributed by atoms with E-state index in [1.165, 1.54) is 0 Å².